The Labute approximate surface area is 114 Å². The van der Waals surface area contributed by atoms with Gasteiger partial charge in [-0.2, -0.15) is 0 Å². The fraction of sp³-hybridized carbons (Fsp3) is 0.714. The molecule has 1 aliphatic heterocycles. The number of rotatable bonds is 4. The Kier molecular flexibility index (Phi) is 4.45. The summed E-state index contributed by atoms with van der Waals surface area (Å²) in [4.78, 5) is 14.1. The third-order valence-electron chi connectivity index (χ3n) is 3.76. The molecule has 0 aromatic carbocycles. The summed E-state index contributed by atoms with van der Waals surface area (Å²) in [7, 11) is 0. The minimum Gasteiger partial charge on any atom is -0.359 e. The van der Waals surface area contributed by atoms with Gasteiger partial charge in [-0.25, -0.2) is 4.79 Å². The number of nitrogens with zero attached hydrogens (tertiary/aromatic N) is 2. The van der Waals surface area contributed by atoms with Gasteiger partial charge in [-0.1, -0.05) is 19.0 Å². The maximum Gasteiger partial charge on any atom is 0.318 e. The molecule has 1 aromatic rings. The van der Waals surface area contributed by atoms with Crippen LogP contribution in [0.15, 0.2) is 10.6 Å². The summed E-state index contributed by atoms with van der Waals surface area (Å²) < 4.78 is 5.38. The van der Waals surface area contributed by atoms with E-state index in [9.17, 15) is 4.79 Å². The topological polar surface area (TPSA) is 58.4 Å². The van der Waals surface area contributed by atoms with Gasteiger partial charge in [-0.15, -0.1) is 0 Å². The highest BCUT2D eigenvalue weighted by Gasteiger charge is 2.33. The summed E-state index contributed by atoms with van der Waals surface area (Å²) in [5.74, 6) is 0.814. The molecule has 1 fully saturated rings. The Hall–Kier alpha value is -1.52. The van der Waals surface area contributed by atoms with E-state index < -0.39 is 0 Å². The number of amides is 2. The molecule has 0 spiro atoms. The first-order valence-electron chi connectivity index (χ1n) is 7.18. The quantitative estimate of drug-likeness (QED) is 0.910. The Balaban J connectivity index is 2.06. The van der Waals surface area contributed by atoms with Crippen LogP contribution in [-0.2, 0) is 6.42 Å². The minimum absolute atomic E-state index is 0.00583. The van der Waals surface area contributed by atoms with Crippen molar-refractivity contribution in [1.82, 2.24) is 15.4 Å². The molecule has 0 unspecified atom stereocenters. The second-order valence-corrected chi connectivity index (χ2v) is 5.18. The summed E-state index contributed by atoms with van der Waals surface area (Å²) in [6.45, 7) is 6.92. The van der Waals surface area contributed by atoms with Crippen LogP contribution in [0.4, 0.5) is 4.79 Å². The number of aromatic nitrogens is 1. The summed E-state index contributed by atoms with van der Waals surface area (Å²) in [6.07, 6.45) is 3.76. The van der Waals surface area contributed by atoms with Gasteiger partial charge in [0.15, 0.2) is 5.76 Å². The van der Waals surface area contributed by atoms with Crippen LogP contribution in [0.3, 0.4) is 0 Å². The SMILES string of the molecule is CCc1cc([C@@H]2CCCN2C(=O)N[C@H](C)CC)on1. The van der Waals surface area contributed by atoms with E-state index in [2.05, 4.69) is 17.4 Å². The molecule has 2 amide bonds. The zero-order chi connectivity index (χ0) is 13.8. The van der Waals surface area contributed by atoms with E-state index in [0.717, 1.165) is 43.7 Å². The van der Waals surface area contributed by atoms with Crippen LogP contribution in [-0.4, -0.2) is 28.7 Å². The molecule has 106 valence electrons. The van der Waals surface area contributed by atoms with Gasteiger partial charge in [0.25, 0.3) is 0 Å². The lowest BCUT2D eigenvalue weighted by Crippen LogP contribution is -2.43. The van der Waals surface area contributed by atoms with Crippen molar-refractivity contribution in [3.8, 4) is 0 Å². The van der Waals surface area contributed by atoms with E-state index in [1.165, 1.54) is 0 Å². The van der Waals surface area contributed by atoms with Gasteiger partial charge in [0.2, 0.25) is 0 Å². The number of carbonyl (C=O) groups excluding carboxylic acids is 1. The van der Waals surface area contributed by atoms with Crippen molar-refractivity contribution < 1.29 is 9.32 Å². The number of nitrogens with one attached hydrogen (secondary N) is 1. The number of likely N-dealkylation sites (tertiary alicyclic amines) is 1. The van der Waals surface area contributed by atoms with E-state index >= 15 is 0 Å². The van der Waals surface area contributed by atoms with Crippen LogP contribution in [0, 0.1) is 0 Å². The number of aryl methyl sites for hydroxylation is 1. The first kappa shape index (κ1) is 13.9. The summed E-state index contributed by atoms with van der Waals surface area (Å²) in [6, 6.07) is 2.22. The number of carbonyl (C=O) groups is 1. The van der Waals surface area contributed by atoms with E-state index in [-0.39, 0.29) is 18.1 Å². The highest BCUT2D eigenvalue weighted by atomic mass is 16.5. The Morgan fingerprint density at radius 3 is 3.05 bits per heavy atom. The zero-order valence-corrected chi connectivity index (χ0v) is 12.0. The van der Waals surface area contributed by atoms with E-state index in [4.69, 9.17) is 4.52 Å². The van der Waals surface area contributed by atoms with Crippen LogP contribution >= 0.6 is 0 Å². The van der Waals surface area contributed by atoms with E-state index in [1.807, 2.05) is 24.8 Å². The molecule has 2 atom stereocenters. The average Bonchev–Trinajstić information content (AvgIpc) is 3.06. The Morgan fingerprint density at radius 2 is 2.42 bits per heavy atom. The first-order valence-corrected chi connectivity index (χ1v) is 7.18. The summed E-state index contributed by atoms with van der Waals surface area (Å²) in [5.41, 5.74) is 0.948. The Bertz CT molecular complexity index is 430. The molecule has 1 saturated heterocycles. The van der Waals surface area contributed by atoms with E-state index in [1.54, 1.807) is 0 Å². The molecular formula is C14H23N3O2. The Morgan fingerprint density at radius 1 is 1.63 bits per heavy atom. The summed E-state index contributed by atoms with van der Waals surface area (Å²) in [5, 5.41) is 7.03. The predicted molar refractivity (Wildman–Crippen MR) is 72.8 cm³/mol. The maximum atomic E-state index is 12.2. The number of hydrogen-bond acceptors (Lipinski definition) is 3. The van der Waals surface area contributed by atoms with Gasteiger partial charge in [0, 0.05) is 18.7 Å². The molecule has 2 heterocycles. The minimum atomic E-state index is 0.00583. The third-order valence-corrected chi connectivity index (χ3v) is 3.76. The molecule has 0 aliphatic carbocycles. The molecule has 1 N–H and O–H groups in total. The molecule has 5 nitrogen and oxygen atoms in total. The van der Waals surface area contributed by atoms with Gasteiger partial charge >= 0.3 is 6.03 Å². The van der Waals surface area contributed by atoms with Crippen LogP contribution < -0.4 is 5.32 Å². The number of urea groups is 1. The monoisotopic (exact) mass is 265 g/mol. The fourth-order valence-corrected chi connectivity index (χ4v) is 2.35. The highest BCUT2D eigenvalue weighted by Crippen LogP contribution is 2.32. The predicted octanol–water partition coefficient (Wildman–Crippen LogP) is 2.88. The van der Waals surface area contributed by atoms with Gasteiger partial charge in [-0.3, -0.25) is 0 Å². The molecule has 5 heteroatoms. The van der Waals surface area contributed by atoms with Crippen molar-refractivity contribution in [2.24, 2.45) is 0 Å². The molecular weight excluding hydrogens is 242 g/mol. The maximum absolute atomic E-state index is 12.2. The highest BCUT2D eigenvalue weighted by molar-refractivity contribution is 5.75. The lowest BCUT2D eigenvalue weighted by molar-refractivity contribution is 0.179. The molecule has 0 radical (unpaired) electrons. The van der Waals surface area contributed by atoms with Crippen molar-refractivity contribution in [3.63, 3.8) is 0 Å². The molecule has 19 heavy (non-hydrogen) atoms. The fourth-order valence-electron chi connectivity index (χ4n) is 2.35. The molecule has 0 saturated carbocycles. The second-order valence-electron chi connectivity index (χ2n) is 5.18. The normalized spacial score (nSPS) is 20.6. The third kappa shape index (κ3) is 3.08. The van der Waals surface area contributed by atoms with Crippen molar-refractivity contribution in [2.75, 3.05) is 6.54 Å². The molecule has 0 bridgehead atoms. The molecule has 2 rings (SSSR count). The molecule has 1 aliphatic rings. The van der Waals surface area contributed by atoms with Crippen molar-refractivity contribution in [2.45, 2.75) is 58.5 Å². The average molecular weight is 265 g/mol. The van der Waals surface area contributed by atoms with Crippen LogP contribution in [0.5, 0.6) is 0 Å². The lowest BCUT2D eigenvalue weighted by Gasteiger charge is -2.24. The first-order chi connectivity index (χ1) is 9.15. The zero-order valence-electron chi connectivity index (χ0n) is 12.0. The molecule has 1 aromatic heterocycles. The van der Waals surface area contributed by atoms with Gasteiger partial charge in [-0.05, 0) is 32.6 Å². The van der Waals surface area contributed by atoms with Gasteiger partial charge in [0.05, 0.1) is 11.7 Å². The second kappa shape index (κ2) is 6.08. The van der Waals surface area contributed by atoms with E-state index in [0.29, 0.717) is 0 Å². The van der Waals surface area contributed by atoms with Crippen LogP contribution in [0.2, 0.25) is 0 Å². The van der Waals surface area contributed by atoms with Crippen molar-refractivity contribution >= 4 is 6.03 Å². The van der Waals surface area contributed by atoms with Crippen molar-refractivity contribution in [3.05, 3.63) is 17.5 Å². The van der Waals surface area contributed by atoms with Gasteiger partial charge < -0.3 is 14.7 Å². The standard InChI is InChI=1S/C14H23N3O2/c1-4-10(3)15-14(18)17-8-6-7-12(17)13-9-11(5-2)16-19-13/h9-10,12H,4-8H2,1-3H3,(H,15,18)/t10-,12+/m1/s1. The lowest BCUT2D eigenvalue weighted by atomic mass is 10.1. The van der Waals surface area contributed by atoms with Crippen LogP contribution in [0.25, 0.3) is 0 Å². The van der Waals surface area contributed by atoms with Crippen LogP contribution in [0.1, 0.15) is 57.5 Å². The van der Waals surface area contributed by atoms with Crippen molar-refractivity contribution in [1.29, 1.82) is 0 Å². The number of hydrogen-bond donors (Lipinski definition) is 1. The van der Waals surface area contributed by atoms with Gasteiger partial charge in [0.1, 0.15) is 0 Å². The largest absolute Gasteiger partial charge is 0.359 e. The smallest absolute Gasteiger partial charge is 0.318 e. The summed E-state index contributed by atoms with van der Waals surface area (Å²) >= 11 is 0.